The Kier molecular flexibility index (Phi) is 6.24. The molecule has 3 N–H and O–H groups in total. The summed E-state index contributed by atoms with van der Waals surface area (Å²) in [5, 5.41) is 19.1. The highest BCUT2D eigenvalue weighted by atomic mass is 32.1. The van der Waals surface area contributed by atoms with Gasteiger partial charge in [-0.25, -0.2) is 4.99 Å². The van der Waals surface area contributed by atoms with E-state index in [0.29, 0.717) is 17.6 Å². The van der Waals surface area contributed by atoms with E-state index in [4.69, 9.17) is 4.42 Å². The van der Waals surface area contributed by atoms with Crippen molar-refractivity contribution in [2.24, 2.45) is 4.99 Å². The minimum absolute atomic E-state index is 0.225. The molecule has 0 bridgehead atoms. The van der Waals surface area contributed by atoms with Crippen LogP contribution in [0.4, 0.5) is 0 Å². The van der Waals surface area contributed by atoms with E-state index in [2.05, 4.69) is 40.1 Å². The predicted octanol–water partition coefficient (Wildman–Crippen LogP) is 2.91. The van der Waals surface area contributed by atoms with Gasteiger partial charge < -0.3 is 20.2 Å². The van der Waals surface area contributed by atoms with E-state index in [1.54, 1.807) is 36.7 Å². The van der Waals surface area contributed by atoms with Gasteiger partial charge in [-0.2, -0.15) is 0 Å². The maximum absolute atomic E-state index is 10.5. The zero-order valence-corrected chi connectivity index (χ0v) is 14.7. The number of nitrogens with one attached hydrogen (secondary N) is 2. The molecule has 126 valence electrons. The van der Waals surface area contributed by atoms with Gasteiger partial charge in [-0.3, -0.25) is 0 Å². The van der Waals surface area contributed by atoms with Crippen molar-refractivity contribution in [1.82, 2.24) is 10.6 Å². The highest BCUT2D eigenvalue weighted by Crippen LogP contribution is 2.21. The molecule has 6 heteroatoms. The van der Waals surface area contributed by atoms with E-state index in [1.165, 1.54) is 4.88 Å². The fourth-order valence-corrected chi connectivity index (χ4v) is 2.95. The van der Waals surface area contributed by atoms with Crippen LogP contribution in [0.15, 0.2) is 45.3 Å². The zero-order chi connectivity index (χ0) is 16.7. The van der Waals surface area contributed by atoms with Gasteiger partial charge in [-0.15, -0.1) is 11.3 Å². The summed E-state index contributed by atoms with van der Waals surface area (Å²) in [6.45, 7) is 7.68. The van der Waals surface area contributed by atoms with Gasteiger partial charge in [0.15, 0.2) is 5.96 Å². The molecule has 0 amide bonds. The van der Waals surface area contributed by atoms with Crippen molar-refractivity contribution >= 4 is 17.3 Å². The Hall–Kier alpha value is -1.79. The largest absolute Gasteiger partial charge is 0.466 e. The monoisotopic (exact) mass is 335 g/mol. The SMILES string of the molecule is CCNC(=NCC(C)(O)c1ccco1)NCC(C)c1cccs1. The van der Waals surface area contributed by atoms with Gasteiger partial charge in [0.2, 0.25) is 0 Å². The first-order chi connectivity index (χ1) is 11.0. The van der Waals surface area contributed by atoms with Crippen LogP contribution >= 0.6 is 11.3 Å². The van der Waals surface area contributed by atoms with Gasteiger partial charge in [0.25, 0.3) is 0 Å². The molecule has 23 heavy (non-hydrogen) atoms. The van der Waals surface area contributed by atoms with Crippen molar-refractivity contribution in [1.29, 1.82) is 0 Å². The Morgan fingerprint density at radius 1 is 1.39 bits per heavy atom. The Balaban J connectivity index is 1.94. The number of nitrogens with zero attached hydrogens (tertiary/aromatic N) is 1. The molecule has 0 radical (unpaired) electrons. The summed E-state index contributed by atoms with van der Waals surface area (Å²) in [7, 11) is 0. The second-order valence-corrected chi connectivity index (χ2v) is 6.72. The van der Waals surface area contributed by atoms with Crippen molar-refractivity contribution in [2.75, 3.05) is 19.6 Å². The lowest BCUT2D eigenvalue weighted by Crippen LogP contribution is -2.40. The number of rotatable bonds is 7. The summed E-state index contributed by atoms with van der Waals surface area (Å²) in [5.41, 5.74) is -1.12. The second-order valence-electron chi connectivity index (χ2n) is 5.74. The number of aliphatic hydroxyl groups is 1. The fourth-order valence-electron chi connectivity index (χ4n) is 2.16. The van der Waals surface area contributed by atoms with Crippen LogP contribution in [0, 0.1) is 0 Å². The molecule has 0 saturated carbocycles. The third-order valence-corrected chi connectivity index (χ3v) is 4.65. The van der Waals surface area contributed by atoms with Crippen molar-refractivity contribution in [3.63, 3.8) is 0 Å². The van der Waals surface area contributed by atoms with Crippen LogP contribution in [0.2, 0.25) is 0 Å². The number of furan rings is 1. The topological polar surface area (TPSA) is 69.8 Å². The van der Waals surface area contributed by atoms with Crippen LogP contribution in [0.25, 0.3) is 0 Å². The van der Waals surface area contributed by atoms with Crippen molar-refractivity contribution in [2.45, 2.75) is 32.3 Å². The van der Waals surface area contributed by atoms with E-state index in [1.807, 2.05) is 6.92 Å². The smallest absolute Gasteiger partial charge is 0.191 e. The van der Waals surface area contributed by atoms with Crippen molar-refractivity contribution in [3.05, 3.63) is 46.5 Å². The number of aliphatic imine (C=N–C) groups is 1. The van der Waals surface area contributed by atoms with E-state index < -0.39 is 5.60 Å². The Bertz CT molecular complexity index is 591. The average molecular weight is 335 g/mol. The Morgan fingerprint density at radius 2 is 2.22 bits per heavy atom. The summed E-state index contributed by atoms with van der Waals surface area (Å²) >= 11 is 1.76. The maximum Gasteiger partial charge on any atom is 0.191 e. The second kappa shape index (κ2) is 8.17. The molecule has 2 heterocycles. The molecule has 0 aliphatic heterocycles. The standard InChI is InChI=1S/C17H25N3O2S/c1-4-18-16(19-11-13(2)14-7-6-10-23-14)20-12-17(3,21)15-8-5-9-22-15/h5-10,13,21H,4,11-12H2,1-3H3,(H2,18,19,20). The number of hydrogen-bond acceptors (Lipinski definition) is 4. The lowest BCUT2D eigenvalue weighted by Gasteiger charge is -2.20. The molecule has 2 aromatic rings. The summed E-state index contributed by atoms with van der Waals surface area (Å²) < 4.78 is 5.28. The van der Waals surface area contributed by atoms with E-state index >= 15 is 0 Å². The van der Waals surface area contributed by atoms with Gasteiger partial charge in [0.1, 0.15) is 11.4 Å². The van der Waals surface area contributed by atoms with Crippen LogP contribution in [0.3, 0.4) is 0 Å². The normalized spacial score (nSPS) is 15.9. The molecule has 0 saturated heterocycles. The van der Waals surface area contributed by atoms with Crippen LogP contribution < -0.4 is 10.6 Å². The fraction of sp³-hybridized carbons (Fsp3) is 0.471. The Morgan fingerprint density at radius 3 is 2.83 bits per heavy atom. The molecule has 0 aliphatic rings. The summed E-state index contributed by atoms with van der Waals surface area (Å²) in [5.74, 6) is 1.62. The van der Waals surface area contributed by atoms with Crippen LogP contribution in [0.1, 0.15) is 37.3 Å². The summed E-state index contributed by atoms with van der Waals surface area (Å²) in [6.07, 6.45) is 1.56. The molecule has 0 aromatic carbocycles. The van der Waals surface area contributed by atoms with Gasteiger partial charge in [0, 0.05) is 23.9 Å². The zero-order valence-electron chi connectivity index (χ0n) is 13.9. The molecule has 2 unspecified atom stereocenters. The number of thiophene rings is 1. The minimum Gasteiger partial charge on any atom is -0.466 e. The lowest BCUT2D eigenvalue weighted by atomic mass is 10.0. The Labute approximate surface area is 141 Å². The van der Waals surface area contributed by atoms with Crippen LogP contribution in [-0.2, 0) is 5.60 Å². The van der Waals surface area contributed by atoms with Gasteiger partial charge in [0.05, 0.1) is 12.8 Å². The van der Waals surface area contributed by atoms with E-state index in [9.17, 15) is 5.11 Å². The third kappa shape index (κ3) is 5.11. The number of hydrogen-bond donors (Lipinski definition) is 3. The maximum atomic E-state index is 10.5. The van der Waals surface area contributed by atoms with E-state index in [-0.39, 0.29) is 6.54 Å². The van der Waals surface area contributed by atoms with Crippen molar-refractivity contribution < 1.29 is 9.52 Å². The molecule has 0 spiro atoms. The molecule has 0 aliphatic carbocycles. The van der Waals surface area contributed by atoms with E-state index in [0.717, 1.165) is 13.1 Å². The van der Waals surface area contributed by atoms with Crippen LogP contribution in [-0.4, -0.2) is 30.7 Å². The van der Waals surface area contributed by atoms with Crippen LogP contribution in [0.5, 0.6) is 0 Å². The van der Waals surface area contributed by atoms with Gasteiger partial charge >= 0.3 is 0 Å². The highest BCUT2D eigenvalue weighted by molar-refractivity contribution is 7.10. The average Bonchev–Trinajstić information content (AvgIpc) is 3.23. The molecule has 2 atom stereocenters. The first-order valence-corrected chi connectivity index (χ1v) is 8.73. The third-order valence-electron chi connectivity index (χ3n) is 3.55. The van der Waals surface area contributed by atoms with Gasteiger partial charge in [-0.1, -0.05) is 13.0 Å². The molecular formula is C17H25N3O2S. The summed E-state index contributed by atoms with van der Waals surface area (Å²) in [6, 6.07) is 7.73. The first kappa shape index (κ1) is 17.6. The predicted molar refractivity (Wildman–Crippen MR) is 95.0 cm³/mol. The summed E-state index contributed by atoms with van der Waals surface area (Å²) in [4.78, 5) is 5.83. The number of guanidine groups is 1. The lowest BCUT2D eigenvalue weighted by molar-refractivity contribution is 0.0437. The minimum atomic E-state index is -1.12. The quantitative estimate of drug-likeness (QED) is 0.537. The van der Waals surface area contributed by atoms with Gasteiger partial charge in [-0.05, 0) is 37.4 Å². The highest BCUT2D eigenvalue weighted by Gasteiger charge is 2.26. The molecule has 0 fully saturated rings. The molecule has 5 nitrogen and oxygen atoms in total. The molecule has 2 rings (SSSR count). The first-order valence-electron chi connectivity index (χ1n) is 7.85. The molecular weight excluding hydrogens is 310 g/mol. The van der Waals surface area contributed by atoms with Crippen molar-refractivity contribution in [3.8, 4) is 0 Å². The molecule has 2 aromatic heterocycles.